The molecule has 2 aliphatic rings. The average Bonchev–Trinajstić information content (AvgIpc) is 3.67. The molecule has 2 unspecified atom stereocenters. The number of aliphatic hydroxyl groups is 1. The Hall–Kier alpha value is -3.19. The number of hydrogen-bond acceptors (Lipinski definition) is 8. The fourth-order valence-corrected chi connectivity index (χ4v) is 4.59. The third-order valence-electron chi connectivity index (χ3n) is 6.67. The van der Waals surface area contributed by atoms with Crippen molar-refractivity contribution < 1.29 is 32.2 Å². The van der Waals surface area contributed by atoms with Crippen LogP contribution in [0.5, 0.6) is 5.75 Å². The second kappa shape index (κ2) is 11.1. The summed E-state index contributed by atoms with van der Waals surface area (Å²) in [6.45, 7) is 1.35. The zero-order valence-electron chi connectivity index (χ0n) is 20.3. The first kappa shape index (κ1) is 26.9. The molecule has 1 aromatic heterocycles. The molecule has 0 bridgehead atoms. The van der Waals surface area contributed by atoms with Gasteiger partial charge in [0.15, 0.2) is 11.6 Å². The first-order valence-electron chi connectivity index (χ1n) is 12.0. The zero-order valence-corrected chi connectivity index (χ0v) is 20.3. The average molecular weight is 527 g/mol. The van der Waals surface area contributed by atoms with Crippen molar-refractivity contribution in [2.24, 2.45) is 11.7 Å². The van der Waals surface area contributed by atoms with Crippen LogP contribution in [0.1, 0.15) is 30.4 Å². The molecule has 1 saturated carbocycles. The van der Waals surface area contributed by atoms with Crippen LogP contribution < -0.4 is 20.7 Å². The molecule has 2 aromatic rings. The van der Waals surface area contributed by atoms with Crippen LogP contribution in [0.3, 0.4) is 0 Å². The summed E-state index contributed by atoms with van der Waals surface area (Å²) < 4.78 is 60.1. The number of anilines is 2. The van der Waals surface area contributed by atoms with Crippen LogP contribution >= 0.6 is 0 Å². The number of carbonyl (C=O) groups is 1. The van der Waals surface area contributed by atoms with Crippen molar-refractivity contribution in [2.45, 2.75) is 44.1 Å². The molecule has 0 spiro atoms. The minimum absolute atomic E-state index is 0.00180. The van der Waals surface area contributed by atoms with Gasteiger partial charge in [0, 0.05) is 31.6 Å². The van der Waals surface area contributed by atoms with Gasteiger partial charge in [-0.3, -0.25) is 9.69 Å². The van der Waals surface area contributed by atoms with E-state index in [-0.39, 0.29) is 49.0 Å². The number of ether oxygens (including phenoxy) is 1. The third-order valence-corrected chi connectivity index (χ3v) is 6.67. The number of carbonyl (C=O) groups excluding carboxylic acids is 1. The van der Waals surface area contributed by atoms with Crippen molar-refractivity contribution >= 4 is 17.5 Å². The number of primary amides is 1. The maximum atomic E-state index is 15.5. The van der Waals surface area contributed by atoms with Gasteiger partial charge in [-0.05, 0) is 43.5 Å². The number of benzene rings is 1. The fourth-order valence-electron chi connectivity index (χ4n) is 4.59. The highest BCUT2D eigenvalue weighted by Gasteiger charge is 2.36. The number of nitrogens with one attached hydrogen (secondary N) is 1. The summed E-state index contributed by atoms with van der Waals surface area (Å²) in [5.41, 5.74) is 4.87. The predicted molar refractivity (Wildman–Crippen MR) is 127 cm³/mol. The highest BCUT2D eigenvalue weighted by atomic mass is 19.4. The van der Waals surface area contributed by atoms with Crippen molar-refractivity contribution in [1.82, 2.24) is 14.9 Å². The molecule has 1 saturated heterocycles. The van der Waals surface area contributed by atoms with Gasteiger partial charge in [-0.25, -0.2) is 9.97 Å². The molecular formula is C24H30F4N6O3. The van der Waals surface area contributed by atoms with E-state index < -0.39 is 29.6 Å². The Balaban J connectivity index is 1.46. The van der Waals surface area contributed by atoms with Gasteiger partial charge in [-0.1, -0.05) is 6.07 Å². The molecule has 2 atom stereocenters. The van der Waals surface area contributed by atoms with E-state index in [1.165, 1.54) is 25.6 Å². The molecule has 1 amide bonds. The Bertz CT molecular complexity index is 1110. The Labute approximate surface area is 211 Å². The lowest BCUT2D eigenvalue weighted by molar-refractivity contribution is -0.138. The maximum Gasteiger partial charge on any atom is 0.419 e. The monoisotopic (exact) mass is 526 g/mol. The van der Waals surface area contributed by atoms with Gasteiger partial charge in [0.2, 0.25) is 11.7 Å². The zero-order chi connectivity index (χ0) is 26.7. The van der Waals surface area contributed by atoms with Crippen LogP contribution in [0.25, 0.3) is 0 Å². The molecule has 2 fully saturated rings. The van der Waals surface area contributed by atoms with Crippen molar-refractivity contribution in [3.8, 4) is 5.75 Å². The van der Waals surface area contributed by atoms with Crippen molar-refractivity contribution in [3.05, 3.63) is 41.5 Å². The largest absolute Gasteiger partial charge is 0.496 e. The Kier molecular flexibility index (Phi) is 8.02. The number of methoxy groups -OCH3 is 1. The number of rotatable bonds is 10. The summed E-state index contributed by atoms with van der Waals surface area (Å²) in [5, 5.41) is 13.4. The minimum atomic E-state index is -4.55. The number of aromatic nitrogens is 2. The predicted octanol–water partition coefficient (Wildman–Crippen LogP) is 2.39. The van der Waals surface area contributed by atoms with Gasteiger partial charge in [0.05, 0.1) is 25.3 Å². The number of alkyl halides is 3. The summed E-state index contributed by atoms with van der Waals surface area (Å²) in [7, 11) is 1.17. The SMILES string of the molecule is COc1cc(CN(c2ncnc(NCC3CCN(CC(N)=O)CC3O)c2F)C2CC2)ccc1C(F)(F)F. The lowest BCUT2D eigenvalue weighted by atomic mass is 9.93. The molecule has 0 radical (unpaired) electrons. The number of amides is 1. The number of halogens is 4. The highest BCUT2D eigenvalue weighted by molar-refractivity contribution is 5.75. The van der Waals surface area contributed by atoms with Crippen LogP contribution in [-0.4, -0.2) is 71.3 Å². The lowest BCUT2D eigenvalue weighted by Gasteiger charge is -2.35. The van der Waals surface area contributed by atoms with E-state index in [1.54, 1.807) is 9.80 Å². The normalized spacial score (nSPS) is 20.5. The van der Waals surface area contributed by atoms with E-state index in [9.17, 15) is 23.1 Å². The Morgan fingerprint density at radius 1 is 1.30 bits per heavy atom. The van der Waals surface area contributed by atoms with Crippen molar-refractivity contribution in [1.29, 1.82) is 0 Å². The summed E-state index contributed by atoms with van der Waals surface area (Å²) in [6.07, 6.45) is -1.84. The molecular weight excluding hydrogens is 496 g/mol. The number of likely N-dealkylation sites (tertiary alicyclic amines) is 1. The first-order chi connectivity index (χ1) is 17.6. The minimum Gasteiger partial charge on any atom is -0.496 e. The molecule has 4 N–H and O–H groups in total. The standard InChI is InChI=1S/C24H30F4N6O3/c1-37-19-8-14(2-5-17(19)24(26,27)28)10-34(16-3-4-16)23-21(25)22(31-13-32-23)30-9-15-6-7-33(11-18(15)35)12-20(29)36/h2,5,8,13,15-16,18,35H,3-4,6-7,9-12H2,1H3,(H2,29,36)(H,30,31,32). The van der Waals surface area contributed by atoms with Gasteiger partial charge in [-0.2, -0.15) is 17.6 Å². The molecule has 1 aliphatic heterocycles. The van der Waals surface area contributed by atoms with E-state index >= 15 is 4.39 Å². The summed E-state index contributed by atoms with van der Waals surface area (Å²) in [4.78, 5) is 22.8. The lowest BCUT2D eigenvalue weighted by Crippen LogP contribution is -2.48. The second-order valence-corrected chi connectivity index (χ2v) is 9.45. The summed E-state index contributed by atoms with van der Waals surface area (Å²) in [5.74, 6) is -1.58. The molecule has 9 nitrogen and oxygen atoms in total. The van der Waals surface area contributed by atoms with Gasteiger partial charge < -0.3 is 25.8 Å². The topological polar surface area (TPSA) is 117 Å². The van der Waals surface area contributed by atoms with Gasteiger partial charge in [0.1, 0.15) is 12.1 Å². The van der Waals surface area contributed by atoms with E-state index in [4.69, 9.17) is 10.5 Å². The summed E-state index contributed by atoms with van der Waals surface area (Å²) in [6, 6.07) is 3.62. The molecule has 2 heterocycles. The second-order valence-electron chi connectivity index (χ2n) is 9.45. The number of hydrogen-bond donors (Lipinski definition) is 3. The van der Waals surface area contributed by atoms with Crippen molar-refractivity contribution in [3.63, 3.8) is 0 Å². The van der Waals surface area contributed by atoms with Gasteiger partial charge in [0.25, 0.3) is 0 Å². The molecule has 13 heteroatoms. The van der Waals surface area contributed by atoms with Crippen LogP contribution in [-0.2, 0) is 17.5 Å². The fraction of sp³-hybridized carbons (Fsp3) is 0.542. The quantitative estimate of drug-likeness (QED) is 0.404. The van der Waals surface area contributed by atoms with Crippen LogP contribution in [0, 0.1) is 11.7 Å². The number of nitrogens with zero attached hydrogens (tertiary/aromatic N) is 4. The number of piperidine rings is 1. The van der Waals surface area contributed by atoms with Crippen LogP contribution in [0.4, 0.5) is 29.2 Å². The van der Waals surface area contributed by atoms with Gasteiger partial charge >= 0.3 is 6.18 Å². The molecule has 1 aromatic carbocycles. The van der Waals surface area contributed by atoms with E-state index in [1.807, 2.05) is 0 Å². The first-order valence-corrected chi connectivity index (χ1v) is 12.0. The molecule has 202 valence electrons. The van der Waals surface area contributed by atoms with Crippen LogP contribution in [0.15, 0.2) is 24.5 Å². The smallest absolute Gasteiger partial charge is 0.419 e. The van der Waals surface area contributed by atoms with E-state index in [2.05, 4.69) is 15.3 Å². The Morgan fingerprint density at radius 3 is 2.68 bits per heavy atom. The number of aliphatic hydroxyl groups excluding tert-OH is 1. The molecule has 1 aliphatic carbocycles. The van der Waals surface area contributed by atoms with E-state index in [0.717, 1.165) is 18.9 Å². The number of β-amino-alcohol motifs (C(OH)–C–C–N with tert-alkyl or cyclic N) is 1. The molecule has 4 rings (SSSR count). The number of nitrogens with two attached hydrogens (primary N) is 1. The third kappa shape index (κ3) is 6.58. The maximum absolute atomic E-state index is 15.5. The summed E-state index contributed by atoms with van der Waals surface area (Å²) >= 11 is 0. The van der Waals surface area contributed by atoms with Crippen molar-refractivity contribution in [2.75, 3.05) is 43.5 Å². The Morgan fingerprint density at radius 2 is 2.05 bits per heavy atom. The van der Waals surface area contributed by atoms with Crippen LogP contribution in [0.2, 0.25) is 0 Å². The van der Waals surface area contributed by atoms with Gasteiger partial charge in [-0.15, -0.1) is 0 Å². The van der Waals surface area contributed by atoms with E-state index in [0.29, 0.717) is 25.1 Å². The highest BCUT2D eigenvalue weighted by Crippen LogP contribution is 2.38. The molecule has 37 heavy (non-hydrogen) atoms.